The predicted molar refractivity (Wildman–Crippen MR) is 262 cm³/mol. The molecule has 67 heavy (non-hydrogen) atoms. The van der Waals surface area contributed by atoms with Crippen molar-refractivity contribution in [2.24, 2.45) is 0 Å². The standard InChI is InChI=1S/C25H25FN8.C23H20FN7.C2H6/c1-33(2)17-10-16(13-27-14-17)15-11-18-21(19(26)12-15)31-32-22(18)24-29-20-6-7-28-25(23(20)30-24)34-8-4-3-5-9-34;24-17-12-15(14-5-4-7-25-13-14)11-16-19(17)29-30-20(16)22-27-18-6-8-26-23(21(18)28-22)31-9-2-1-3-10-31;1-2/h6-7,10-14H,3-5,8-9H2,1-2H3,(H,29,30)(H,31,32);4-8,11-13H,1-3,9-10H2,(H,27,28)(H,29,30);1-2H3. The van der Waals surface area contributed by atoms with Crippen LogP contribution in [0.3, 0.4) is 0 Å². The van der Waals surface area contributed by atoms with Gasteiger partial charge in [-0.25, -0.2) is 28.7 Å². The third kappa shape index (κ3) is 8.36. The smallest absolute Gasteiger partial charge is 0.157 e. The molecule has 340 valence electrons. The summed E-state index contributed by atoms with van der Waals surface area (Å²) in [5.41, 5.74) is 9.41. The van der Waals surface area contributed by atoms with Crippen LogP contribution in [0.15, 0.2) is 91.8 Å². The molecule has 2 aromatic carbocycles. The number of rotatable bonds is 7. The van der Waals surface area contributed by atoms with Crippen LogP contribution in [-0.2, 0) is 0 Å². The Hall–Kier alpha value is -7.82. The summed E-state index contributed by atoms with van der Waals surface area (Å²) in [4.78, 5) is 40.7. The molecule has 0 aliphatic carbocycles. The molecule has 0 spiro atoms. The molecule has 10 aromatic rings. The van der Waals surface area contributed by atoms with E-state index in [2.05, 4.69) is 60.1 Å². The van der Waals surface area contributed by atoms with Crippen molar-refractivity contribution in [1.82, 2.24) is 60.3 Å². The molecule has 0 radical (unpaired) electrons. The Balaban J connectivity index is 0.000000152. The number of H-pyrrole nitrogens is 4. The van der Waals surface area contributed by atoms with Crippen LogP contribution in [0.2, 0.25) is 0 Å². The molecular formula is C50H51F2N15. The van der Waals surface area contributed by atoms with E-state index in [1.807, 2.05) is 81.5 Å². The highest BCUT2D eigenvalue weighted by atomic mass is 19.1. The zero-order valence-corrected chi connectivity index (χ0v) is 37.9. The SMILES string of the molecule is CC.CN(C)c1cncc(-c2cc(F)c3n[nH]c(-c4nc5c(N6CCCCC6)nccc5[nH]4)c3c2)c1.Fc1cc(-c2cccnc2)cc2c(-c3nc4c(N5CCCCC5)nccc4[nH]3)[nH]nc12. The molecule has 2 aliphatic rings. The number of anilines is 3. The van der Waals surface area contributed by atoms with Crippen LogP contribution in [0.25, 0.3) is 89.2 Å². The van der Waals surface area contributed by atoms with Gasteiger partial charge in [0.15, 0.2) is 34.9 Å². The molecule has 0 bridgehead atoms. The molecule has 0 saturated carbocycles. The van der Waals surface area contributed by atoms with Gasteiger partial charge in [-0.3, -0.25) is 20.2 Å². The fourth-order valence-corrected chi connectivity index (χ4v) is 8.96. The highest BCUT2D eigenvalue weighted by molar-refractivity contribution is 5.99. The molecular weight excluding hydrogens is 849 g/mol. The van der Waals surface area contributed by atoms with Gasteiger partial charge < -0.3 is 24.7 Å². The number of hydrogen-bond acceptors (Lipinski definition) is 11. The number of aromatic nitrogens is 12. The van der Waals surface area contributed by atoms with E-state index in [0.717, 1.165) is 114 Å². The van der Waals surface area contributed by atoms with E-state index < -0.39 is 5.82 Å². The second-order valence-electron chi connectivity index (χ2n) is 16.8. The van der Waals surface area contributed by atoms with Gasteiger partial charge in [-0.15, -0.1) is 0 Å². The van der Waals surface area contributed by atoms with Crippen molar-refractivity contribution >= 4 is 61.2 Å². The number of imidazole rings is 2. The average molecular weight is 900 g/mol. The topological polar surface area (TPSA) is 176 Å². The summed E-state index contributed by atoms with van der Waals surface area (Å²) in [6.45, 7) is 7.94. The number of piperidine rings is 2. The normalized spacial score (nSPS) is 14.1. The van der Waals surface area contributed by atoms with Gasteiger partial charge in [0.25, 0.3) is 0 Å². The number of fused-ring (bicyclic) bond motifs is 4. The molecule has 2 fully saturated rings. The first-order chi connectivity index (χ1) is 32.9. The molecule has 10 heterocycles. The van der Waals surface area contributed by atoms with Crippen molar-refractivity contribution in [3.05, 3.63) is 103 Å². The Morgan fingerprint density at radius 1 is 0.537 bits per heavy atom. The number of pyridine rings is 4. The number of halogens is 2. The molecule has 12 rings (SSSR count). The first kappa shape index (κ1) is 43.1. The highest BCUT2D eigenvalue weighted by Crippen LogP contribution is 2.36. The van der Waals surface area contributed by atoms with Crippen LogP contribution in [0.4, 0.5) is 26.1 Å². The second-order valence-corrected chi connectivity index (χ2v) is 16.8. The van der Waals surface area contributed by atoms with Gasteiger partial charge in [-0.1, -0.05) is 19.9 Å². The summed E-state index contributed by atoms with van der Waals surface area (Å²) >= 11 is 0. The lowest BCUT2D eigenvalue weighted by Crippen LogP contribution is -2.30. The number of nitrogens with zero attached hydrogens (tertiary/aromatic N) is 11. The zero-order valence-electron chi connectivity index (χ0n) is 37.9. The average Bonchev–Trinajstić information content (AvgIpc) is 4.20. The molecule has 2 aliphatic heterocycles. The lowest BCUT2D eigenvalue weighted by molar-refractivity contribution is 0.574. The largest absolute Gasteiger partial charge is 0.376 e. The Labute approximate surface area is 385 Å². The van der Waals surface area contributed by atoms with Crippen molar-refractivity contribution in [2.45, 2.75) is 52.4 Å². The lowest BCUT2D eigenvalue weighted by atomic mass is 10.0. The molecule has 15 nitrogen and oxygen atoms in total. The highest BCUT2D eigenvalue weighted by Gasteiger charge is 2.23. The molecule has 2 saturated heterocycles. The molecule has 0 atom stereocenters. The van der Waals surface area contributed by atoms with Crippen LogP contribution in [0, 0.1) is 11.6 Å². The molecule has 17 heteroatoms. The Morgan fingerprint density at radius 2 is 1.04 bits per heavy atom. The fraction of sp³-hybridized carbons (Fsp3) is 0.280. The number of hydrogen-bond donors (Lipinski definition) is 4. The van der Waals surface area contributed by atoms with Gasteiger partial charge in [0.2, 0.25) is 0 Å². The van der Waals surface area contributed by atoms with E-state index in [1.54, 1.807) is 31.0 Å². The second kappa shape index (κ2) is 18.6. The fourth-order valence-electron chi connectivity index (χ4n) is 8.96. The van der Waals surface area contributed by atoms with Gasteiger partial charge >= 0.3 is 0 Å². The van der Waals surface area contributed by atoms with E-state index >= 15 is 4.39 Å². The predicted octanol–water partition coefficient (Wildman–Crippen LogP) is 10.5. The van der Waals surface area contributed by atoms with E-state index in [0.29, 0.717) is 33.8 Å². The van der Waals surface area contributed by atoms with E-state index in [1.165, 1.54) is 25.0 Å². The van der Waals surface area contributed by atoms with E-state index in [9.17, 15) is 4.39 Å². The Bertz CT molecular complexity index is 3320. The van der Waals surface area contributed by atoms with Crippen molar-refractivity contribution in [3.63, 3.8) is 0 Å². The maximum atomic E-state index is 15.1. The summed E-state index contributed by atoms with van der Waals surface area (Å²) in [5, 5.41) is 15.8. The van der Waals surface area contributed by atoms with Gasteiger partial charge in [0.05, 0.1) is 22.9 Å². The quantitative estimate of drug-likeness (QED) is 0.120. The zero-order chi connectivity index (χ0) is 46.0. The van der Waals surface area contributed by atoms with Crippen molar-refractivity contribution < 1.29 is 8.78 Å². The maximum Gasteiger partial charge on any atom is 0.157 e. The first-order valence-corrected chi connectivity index (χ1v) is 22.9. The molecule has 0 amide bonds. The van der Waals surface area contributed by atoms with E-state index in [-0.39, 0.29) is 16.9 Å². The summed E-state index contributed by atoms with van der Waals surface area (Å²) in [5.74, 6) is 2.24. The maximum absolute atomic E-state index is 15.1. The summed E-state index contributed by atoms with van der Waals surface area (Å²) < 4.78 is 29.9. The number of nitrogens with one attached hydrogen (secondary N) is 4. The molecule has 8 aromatic heterocycles. The van der Waals surface area contributed by atoms with Crippen LogP contribution in [0.5, 0.6) is 0 Å². The van der Waals surface area contributed by atoms with Gasteiger partial charge in [-0.2, -0.15) is 10.2 Å². The number of aromatic amines is 4. The Morgan fingerprint density at radius 3 is 1.54 bits per heavy atom. The van der Waals surface area contributed by atoms with Crippen LogP contribution < -0.4 is 14.7 Å². The molecule has 0 unspecified atom stereocenters. The third-order valence-electron chi connectivity index (χ3n) is 12.3. The van der Waals surface area contributed by atoms with Crippen LogP contribution in [0.1, 0.15) is 52.4 Å². The minimum absolute atomic E-state index is 0.283. The summed E-state index contributed by atoms with van der Waals surface area (Å²) in [6, 6.07) is 16.4. The monoisotopic (exact) mass is 899 g/mol. The summed E-state index contributed by atoms with van der Waals surface area (Å²) in [6.07, 6.45) is 17.7. The lowest BCUT2D eigenvalue weighted by Gasteiger charge is -2.27. The first-order valence-electron chi connectivity index (χ1n) is 22.9. The van der Waals surface area contributed by atoms with Gasteiger partial charge in [0.1, 0.15) is 33.5 Å². The van der Waals surface area contributed by atoms with Crippen molar-refractivity contribution in [3.8, 4) is 45.3 Å². The Kier molecular flexibility index (Phi) is 12.0. The van der Waals surface area contributed by atoms with Crippen molar-refractivity contribution in [2.75, 3.05) is 55.0 Å². The van der Waals surface area contributed by atoms with Crippen molar-refractivity contribution in [1.29, 1.82) is 0 Å². The third-order valence-corrected chi connectivity index (χ3v) is 12.3. The minimum Gasteiger partial charge on any atom is -0.376 e. The van der Waals surface area contributed by atoms with E-state index in [4.69, 9.17) is 9.97 Å². The van der Waals surface area contributed by atoms with Crippen LogP contribution in [-0.4, -0.2) is 101 Å². The number of benzene rings is 2. The van der Waals surface area contributed by atoms with Gasteiger partial charge in [0, 0.05) is 93.2 Å². The molecule has 4 N–H and O–H groups in total. The van der Waals surface area contributed by atoms with Crippen LogP contribution >= 0.6 is 0 Å². The minimum atomic E-state index is -0.392. The van der Waals surface area contributed by atoms with Gasteiger partial charge in [-0.05, 0) is 98.2 Å². The summed E-state index contributed by atoms with van der Waals surface area (Å²) in [7, 11) is 3.90.